The van der Waals surface area contributed by atoms with Crippen molar-refractivity contribution in [1.82, 2.24) is 15.6 Å². The first-order chi connectivity index (χ1) is 7.75. The van der Waals surface area contributed by atoms with Gasteiger partial charge in [-0.3, -0.25) is 15.6 Å². The monoisotopic (exact) mass is 234 g/mol. The zero-order valence-electron chi connectivity index (χ0n) is 8.60. The minimum absolute atomic E-state index is 0.170. The smallest absolute Gasteiger partial charge is 0.235 e. The van der Waals surface area contributed by atoms with Gasteiger partial charge in [0.2, 0.25) is 11.0 Å². The lowest BCUT2D eigenvalue weighted by Gasteiger charge is -1.99. The molecule has 0 unspecified atom stereocenters. The van der Waals surface area contributed by atoms with Gasteiger partial charge in [-0.25, -0.2) is 0 Å². The highest BCUT2D eigenvalue weighted by molar-refractivity contribution is 7.18. The summed E-state index contributed by atoms with van der Waals surface area (Å²) < 4.78 is 0. The Kier molecular flexibility index (Phi) is 3.11. The zero-order chi connectivity index (χ0) is 11.4. The average Bonchev–Trinajstić information content (AvgIpc) is 2.76. The van der Waals surface area contributed by atoms with Gasteiger partial charge in [0, 0.05) is 12.5 Å². The Hall–Kier alpha value is -1.95. The number of hydrogen-bond donors (Lipinski definition) is 2. The van der Waals surface area contributed by atoms with E-state index in [0.717, 1.165) is 10.6 Å². The Labute approximate surface area is 96.5 Å². The van der Waals surface area contributed by atoms with Crippen molar-refractivity contribution in [2.75, 3.05) is 5.43 Å². The number of benzene rings is 1. The molecular weight excluding hydrogens is 224 g/mol. The molecule has 1 aromatic heterocycles. The Bertz CT molecular complexity index is 483. The number of hydrogen-bond acceptors (Lipinski definition) is 5. The summed E-state index contributed by atoms with van der Waals surface area (Å²) in [6.07, 6.45) is 0. The fourth-order valence-corrected chi connectivity index (χ4v) is 1.82. The molecule has 0 bridgehead atoms. The van der Waals surface area contributed by atoms with Crippen LogP contribution in [-0.4, -0.2) is 16.1 Å². The molecule has 6 heteroatoms. The lowest BCUT2D eigenvalue weighted by atomic mass is 10.2. The molecule has 2 aromatic rings. The molecule has 0 saturated carbocycles. The number of nitrogens with one attached hydrogen (secondary N) is 2. The number of amides is 1. The zero-order valence-corrected chi connectivity index (χ0v) is 9.41. The first-order valence-electron chi connectivity index (χ1n) is 4.67. The predicted octanol–water partition coefficient (Wildman–Crippen LogP) is 1.67. The maximum absolute atomic E-state index is 10.7. The third-order valence-corrected chi connectivity index (χ3v) is 2.68. The van der Waals surface area contributed by atoms with Crippen LogP contribution in [0.15, 0.2) is 30.3 Å². The Morgan fingerprint density at radius 2 is 2.00 bits per heavy atom. The number of nitrogens with zero attached hydrogens (tertiary/aromatic N) is 2. The van der Waals surface area contributed by atoms with Crippen molar-refractivity contribution < 1.29 is 4.79 Å². The van der Waals surface area contributed by atoms with Crippen molar-refractivity contribution in [2.24, 2.45) is 0 Å². The number of carbonyl (C=O) groups is 1. The first-order valence-corrected chi connectivity index (χ1v) is 5.49. The van der Waals surface area contributed by atoms with Crippen LogP contribution in [0.1, 0.15) is 6.92 Å². The van der Waals surface area contributed by atoms with Crippen LogP contribution < -0.4 is 10.9 Å². The van der Waals surface area contributed by atoms with Gasteiger partial charge in [0.15, 0.2) is 0 Å². The molecule has 0 fully saturated rings. The molecule has 0 spiro atoms. The van der Waals surface area contributed by atoms with Crippen LogP contribution >= 0.6 is 11.3 Å². The summed E-state index contributed by atoms with van der Waals surface area (Å²) in [6.45, 7) is 1.42. The lowest BCUT2D eigenvalue weighted by Crippen LogP contribution is -2.26. The van der Waals surface area contributed by atoms with Crippen molar-refractivity contribution >= 4 is 22.4 Å². The van der Waals surface area contributed by atoms with Crippen LogP contribution in [0.2, 0.25) is 0 Å². The summed E-state index contributed by atoms with van der Waals surface area (Å²) in [6, 6.07) is 9.75. The molecule has 2 rings (SSSR count). The number of aromatic nitrogens is 2. The molecule has 0 saturated heterocycles. The van der Waals surface area contributed by atoms with Crippen LogP contribution in [0.4, 0.5) is 5.13 Å². The summed E-state index contributed by atoms with van der Waals surface area (Å²) >= 11 is 1.38. The summed E-state index contributed by atoms with van der Waals surface area (Å²) in [7, 11) is 0. The maximum atomic E-state index is 10.7. The van der Waals surface area contributed by atoms with E-state index in [-0.39, 0.29) is 5.91 Å². The van der Waals surface area contributed by atoms with Crippen LogP contribution in [0.5, 0.6) is 0 Å². The van der Waals surface area contributed by atoms with Crippen LogP contribution in [0.25, 0.3) is 10.6 Å². The summed E-state index contributed by atoms with van der Waals surface area (Å²) in [5.41, 5.74) is 6.14. The molecule has 0 radical (unpaired) electrons. The second-order valence-corrected chi connectivity index (χ2v) is 4.06. The summed E-state index contributed by atoms with van der Waals surface area (Å²) in [5.74, 6) is -0.170. The normalized spacial score (nSPS) is 9.81. The van der Waals surface area contributed by atoms with E-state index in [4.69, 9.17) is 0 Å². The minimum Gasteiger partial charge on any atom is -0.274 e. The van der Waals surface area contributed by atoms with E-state index in [9.17, 15) is 4.79 Å². The molecule has 1 heterocycles. The molecule has 1 aromatic carbocycles. The van der Waals surface area contributed by atoms with Crippen molar-refractivity contribution in [3.05, 3.63) is 30.3 Å². The SMILES string of the molecule is CC(=O)NNc1nnc(-c2ccccc2)s1. The fraction of sp³-hybridized carbons (Fsp3) is 0.100. The van der Waals surface area contributed by atoms with E-state index in [2.05, 4.69) is 21.0 Å². The van der Waals surface area contributed by atoms with Crippen molar-refractivity contribution in [3.63, 3.8) is 0 Å². The van der Waals surface area contributed by atoms with Gasteiger partial charge in [-0.15, -0.1) is 10.2 Å². The molecule has 16 heavy (non-hydrogen) atoms. The van der Waals surface area contributed by atoms with Gasteiger partial charge in [0.1, 0.15) is 5.01 Å². The molecule has 0 aliphatic heterocycles. The molecular formula is C10H10N4OS. The maximum Gasteiger partial charge on any atom is 0.235 e. The Morgan fingerprint density at radius 3 is 2.69 bits per heavy atom. The molecule has 2 N–H and O–H groups in total. The average molecular weight is 234 g/mol. The largest absolute Gasteiger partial charge is 0.274 e. The Balaban J connectivity index is 2.11. The second kappa shape index (κ2) is 4.71. The third-order valence-electron chi connectivity index (χ3n) is 1.79. The summed E-state index contributed by atoms with van der Waals surface area (Å²) in [5, 5.41) is 9.30. The first kappa shape index (κ1) is 10.6. The van der Waals surface area contributed by atoms with E-state index in [0.29, 0.717) is 5.13 Å². The Morgan fingerprint density at radius 1 is 1.25 bits per heavy atom. The highest BCUT2D eigenvalue weighted by atomic mass is 32.1. The van der Waals surface area contributed by atoms with Gasteiger partial charge in [-0.05, 0) is 0 Å². The fourth-order valence-electron chi connectivity index (χ4n) is 1.11. The molecule has 5 nitrogen and oxygen atoms in total. The van der Waals surface area contributed by atoms with E-state index in [1.54, 1.807) is 0 Å². The van der Waals surface area contributed by atoms with E-state index < -0.39 is 0 Å². The molecule has 1 amide bonds. The standard InChI is InChI=1S/C10H10N4OS/c1-7(15)11-13-10-14-12-9(16-10)8-5-3-2-4-6-8/h2-6H,1H3,(H,11,15)(H,13,14). The molecule has 0 aliphatic carbocycles. The second-order valence-electron chi connectivity index (χ2n) is 3.08. The van der Waals surface area contributed by atoms with Crippen molar-refractivity contribution in [2.45, 2.75) is 6.92 Å². The summed E-state index contributed by atoms with van der Waals surface area (Å²) in [4.78, 5) is 10.7. The minimum atomic E-state index is -0.170. The van der Waals surface area contributed by atoms with Gasteiger partial charge >= 0.3 is 0 Å². The van der Waals surface area contributed by atoms with E-state index >= 15 is 0 Å². The number of hydrazine groups is 1. The highest BCUT2D eigenvalue weighted by Crippen LogP contribution is 2.25. The molecule has 82 valence electrons. The van der Waals surface area contributed by atoms with Gasteiger partial charge in [0.25, 0.3) is 0 Å². The third kappa shape index (κ3) is 2.54. The quantitative estimate of drug-likeness (QED) is 0.793. The topological polar surface area (TPSA) is 66.9 Å². The highest BCUT2D eigenvalue weighted by Gasteiger charge is 2.05. The number of rotatable bonds is 3. The van der Waals surface area contributed by atoms with Crippen LogP contribution in [0, 0.1) is 0 Å². The van der Waals surface area contributed by atoms with Crippen LogP contribution in [0.3, 0.4) is 0 Å². The van der Waals surface area contributed by atoms with Gasteiger partial charge < -0.3 is 0 Å². The molecule has 0 aliphatic rings. The van der Waals surface area contributed by atoms with Crippen molar-refractivity contribution in [3.8, 4) is 10.6 Å². The van der Waals surface area contributed by atoms with Crippen LogP contribution in [-0.2, 0) is 4.79 Å². The van der Waals surface area contributed by atoms with E-state index in [1.165, 1.54) is 18.3 Å². The number of anilines is 1. The van der Waals surface area contributed by atoms with Gasteiger partial charge in [-0.1, -0.05) is 41.7 Å². The van der Waals surface area contributed by atoms with Gasteiger partial charge in [-0.2, -0.15) is 0 Å². The van der Waals surface area contributed by atoms with Gasteiger partial charge in [0.05, 0.1) is 0 Å². The predicted molar refractivity (Wildman–Crippen MR) is 62.8 cm³/mol. The van der Waals surface area contributed by atoms with Crippen molar-refractivity contribution in [1.29, 1.82) is 0 Å². The number of carbonyl (C=O) groups excluding carboxylic acids is 1. The lowest BCUT2D eigenvalue weighted by molar-refractivity contribution is -0.118. The molecule has 0 atom stereocenters. The van der Waals surface area contributed by atoms with E-state index in [1.807, 2.05) is 30.3 Å².